The lowest BCUT2D eigenvalue weighted by Crippen LogP contribution is -2.39. The quantitative estimate of drug-likeness (QED) is 0.311. The molecular formula is C26H20ClF3N2O3S. The molecule has 0 aliphatic heterocycles. The minimum atomic E-state index is -4.66. The number of hydrogen-bond acceptors (Lipinski definition) is 3. The van der Waals surface area contributed by atoms with Gasteiger partial charge in [0.2, 0.25) is 0 Å². The second kappa shape index (κ2) is 10.2. The Labute approximate surface area is 211 Å². The summed E-state index contributed by atoms with van der Waals surface area (Å²) in [6.45, 7) is -0.450. The van der Waals surface area contributed by atoms with Crippen LogP contribution in [0.25, 0.3) is 10.8 Å². The van der Waals surface area contributed by atoms with E-state index in [-0.39, 0.29) is 23.7 Å². The standard InChI is InChI=1S/C26H20ClF3N2O3S/c27-20-11-13-22(14-12-20)36(34,35)32(21-8-4-7-19(17-21)26(28,29)30)16-15-31-25(33)24-10-3-6-18-5-1-2-9-23(18)24/h1-14,17H,15-16H2,(H,31,33). The Kier molecular flexibility index (Phi) is 7.23. The summed E-state index contributed by atoms with van der Waals surface area (Å²) in [5.41, 5.74) is -0.769. The summed E-state index contributed by atoms with van der Waals surface area (Å²) in [4.78, 5) is 12.7. The third-order valence-corrected chi connectivity index (χ3v) is 7.59. The molecule has 0 atom stereocenters. The number of carbonyl (C=O) groups is 1. The molecule has 1 N–H and O–H groups in total. The minimum Gasteiger partial charge on any atom is -0.350 e. The van der Waals surface area contributed by atoms with Crippen molar-refractivity contribution in [2.24, 2.45) is 0 Å². The van der Waals surface area contributed by atoms with E-state index in [1.807, 2.05) is 18.2 Å². The van der Waals surface area contributed by atoms with Crippen LogP contribution < -0.4 is 9.62 Å². The van der Waals surface area contributed by atoms with E-state index in [1.165, 1.54) is 30.3 Å². The summed E-state index contributed by atoms with van der Waals surface area (Å²) < 4.78 is 67.7. The van der Waals surface area contributed by atoms with Crippen molar-refractivity contribution in [3.05, 3.63) is 107 Å². The fraction of sp³-hybridized carbons (Fsp3) is 0.115. The van der Waals surface area contributed by atoms with E-state index in [1.54, 1.807) is 24.3 Å². The van der Waals surface area contributed by atoms with Crippen molar-refractivity contribution < 1.29 is 26.4 Å². The van der Waals surface area contributed by atoms with Gasteiger partial charge in [0.15, 0.2) is 0 Å². The van der Waals surface area contributed by atoms with Gasteiger partial charge < -0.3 is 5.32 Å². The highest BCUT2D eigenvalue weighted by Gasteiger charge is 2.32. The van der Waals surface area contributed by atoms with Crippen LogP contribution >= 0.6 is 11.6 Å². The molecule has 36 heavy (non-hydrogen) atoms. The van der Waals surface area contributed by atoms with E-state index in [9.17, 15) is 26.4 Å². The Balaban J connectivity index is 1.63. The van der Waals surface area contributed by atoms with Crippen LogP contribution in [-0.2, 0) is 16.2 Å². The van der Waals surface area contributed by atoms with Gasteiger partial charge in [0.1, 0.15) is 0 Å². The minimum absolute atomic E-state index is 0.148. The van der Waals surface area contributed by atoms with Gasteiger partial charge in [-0.25, -0.2) is 8.42 Å². The highest BCUT2D eigenvalue weighted by molar-refractivity contribution is 7.92. The predicted octanol–water partition coefficient (Wildman–Crippen LogP) is 6.14. The molecule has 0 fully saturated rings. The van der Waals surface area contributed by atoms with Gasteiger partial charge >= 0.3 is 6.18 Å². The van der Waals surface area contributed by atoms with Crippen molar-refractivity contribution in [3.8, 4) is 0 Å². The van der Waals surface area contributed by atoms with Crippen LogP contribution in [-0.4, -0.2) is 27.4 Å². The summed E-state index contributed by atoms with van der Waals surface area (Å²) in [5, 5.41) is 4.57. The van der Waals surface area contributed by atoms with Gasteiger partial charge in [-0.05, 0) is 59.3 Å². The topological polar surface area (TPSA) is 66.5 Å². The summed E-state index contributed by atoms with van der Waals surface area (Å²) in [6.07, 6.45) is -4.66. The molecule has 0 aromatic heterocycles. The number of rotatable bonds is 7. The molecule has 10 heteroatoms. The maximum atomic E-state index is 13.4. The average molecular weight is 533 g/mol. The Hall–Kier alpha value is -3.56. The number of anilines is 1. The van der Waals surface area contributed by atoms with Gasteiger partial charge in [0.25, 0.3) is 15.9 Å². The number of fused-ring (bicyclic) bond motifs is 1. The maximum Gasteiger partial charge on any atom is 0.416 e. The van der Waals surface area contributed by atoms with Gasteiger partial charge in [0.05, 0.1) is 22.7 Å². The van der Waals surface area contributed by atoms with Crippen molar-refractivity contribution in [1.82, 2.24) is 5.32 Å². The predicted molar refractivity (Wildman–Crippen MR) is 134 cm³/mol. The van der Waals surface area contributed by atoms with Crippen molar-refractivity contribution in [2.75, 3.05) is 17.4 Å². The van der Waals surface area contributed by atoms with Crippen LogP contribution in [0, 0.1) is 0 Å². The Morgan fingerprint density at radius 1 is 0.889 bits per heavy atom. The summed E-state index contributed by atoms with van der Waals surface area (Å²) in [7, 11) is -4.27. The second-order valence-corrected chi connectivity index (χ2v) is 10.2. The molecule has 0 saturated carbocycles. The zero-order valence-electron chi connectivity index (χ0n) is 18.7. The van der Waals surface area contributed by atoms with Gasteiger partial charge in [0, 0.05) is 17.1 Å². The fourth-order valence-electron chi connectivity index (χ4n) is 3.75. The van der Waals surface area contributed by atoms with E-state index in [4.69, 9.17) is 11.6 Å². The molecule has 4 rings (SSSR count). The highest BCUT2D eigenvalue weighted by Crippen LogP contribution is 2.33. The third-order valence-electron chi connectivity index (χ3n) is 5.50. The number of amides is 1. The van der Waals surface area contributed by atoms with Crippen molar-refractivity contribution in [2.45, 2.75) is 11.1 Å². The molecule has 0 aliphatic carbocycles. The number of benzene rings is 4. The third kappa shape index (κ3) is 5.47. The molecule has 0 heterocycles. The Morgan fingerprint density at radius 3 is 2.28 bits per heavy atom. The first-order valence-corrected chi connectivity index (χ1v) is 12.6. The van der Waals surface area contributed by atoms with Crippen LogP contribution in [0.3, 0.4) is 0 Å². The molecule has 1 amide bonds. The van der Waals surface area contributed by atoms with Crippen molar-refractivity contribution in [3.63, 3.8) is 0 Å². The van der Waals surface area contributed by atoms with Gasteiger partial charge in [-0.2, -0.15) is 13.2 Å². The van der Waals surface area contributed by atoms with Crippen molar-refractivity contribution >= 4 is 44.0 Å². The lowest BCUT2D eigenvalue weighted by molar-refractivity contribution is -0.137. The molecule has 0 aliphatic rings. The summed E-state index contributed by atoms with van der Waals surface area (Å²) in [6, 6.07) is 21.9. The lowest BCUT2D eigenvalue weighted by atomic mass is 10.0. The number of carbonyl (C=O) groups excluding carboxylic acids is 1. The van der Waals surface area contributed by atoms with Crippen LogP contribution in [0.2, 0.25) is 5.02 Å². The number of halogens is 4. The molecule has 0 spiro atoms. The average Bonchev–Trinajstić information content (AvgIpc) is 2.86. The molecule has 0 radical (unpaired) electrons. The summed E-state index contributed by atoms with van der Waals surface area (Å²) in [5.74, 6) is -0.431. The van der Waals surface area contributed by atoms with Crippen molar-refractivity contribution in [1.29, 1.82) is 0 Å². The molecule has 4 aromatic carbocycles. The lowest BCUT2D eigenvalue weighted by Gasteiger charge is -2.25. The zero-order valence-corrected chi connectivity index (χ0v) is 20.2. The number of nitrogens with zero attached hydrogens (tertiary/aromatic N) is 1. The van der Waals surface area contributed by atoms with E-state index in [2.05, 4.69) is 5.32 Å². The Morgan fingerprint density at radius 2 is 1.56 bits per heavy atom. The van der Waals surface area contributed by atoms with Gasteiger partial charge in [-0.15, -0.1) is 0 Å². The van der Waals surface area contributed by atoms with Crippen LogP contribution in [0.1, 0.15) is 15.9 Å². The molecule has 5 nitrogen and oxygen atoms in total. The smallest absolute Gasteiger partial charge is 0.350 e. The fourth-order valence-corrected chi connectivity index (χ4v) is 5.33. The zero-order chi connectivity index (χ0) is 25.9. The maximum absolute atomic E-state index is 13.4. The number of nitrogens with one attached hydrogen (secondary N) is 1. The largest absolute Gasteiger partial charge is 0.416 e. The molecule has 0 saturated heterocycles. The normalized spacial score (nSPS) is 11.9. The molecule has 186 valence electrons. The van der Waals surface area contributed by atoms with E-state index >= 15 is 0 Å². The Bertz CT molecular complexity index is 1500. The number of sulfonamides is 1. The monoisotopic (exact) mass is 532 g/mol. The van der Waals surface area contributed by atoms with Crippen LogP contribution in [0.4, 0.5) is 18.9 Å². The summed E-state index contributed by atoms with van der Waals surface area (Å²) >= 11 is 5.87. The first-order chi connectivity index (χ1) is 17.1. The van der Waals surface area contributed by atoms with Crippen LogP contribution in [0.5, 0.6) is 0 Å². The first-order valence-electron chi connectivity index (χ1n) is 10.8. The molecule has 0 unspecified atom stereocenters. The van der Waals surface area contributed by atoms with E-state index in [0.717, 1.165) is 33.3 Å². The van der Waals surface area contributed by atoms with Gasteiger partial charge in [-0.3, -0.25) is 9.10 Å². The molecular weight excluding hydrogens is 513 g/mol. The first kappa shape index (κ1) is 25.5. The number of hydrogen-bond donors (Lipinski definition) is 1. The second-order valence-electron chi connectivity index (χ2n) is 7.86. The molecule has 0 bridgehead atoms. The molecule has 4 aromatic rings. The van der Waals surface area contributed by atoms with Crippen LogP contribution in [0.15, 0.2) is 95.9 Å². The van der Waals surface area contributed by atoms with E-state index < -0.39 is 27.7 Å². The van der Waals surface area contributed by atoms with E-state index in [0.29, 0.717) is 10.6 Å². The highest BCUT2D eigenvalue weighted by atomic mass is 35.5. The SMILES string of the molecule is O=C(NCCN(c1cccc(C(F)(F)F)c1)S(=O)(=O)c1ccc(Cl)cc1)c1cccc2ccccc12. The number of alkyl halides is 3. The van der Waals surface area contributed by atoms with Gasteiger partial charge in [-0.1, -0.05) is 54.1 Å².